The van der Waals surface area contributed by atoms with E-state index in [1.165, 1.54) is 13.0 Å². The Balaban J connectivity index is 2.84. The van der Waals surface area contributed by atoms with Gasteiger partial charge in [0.05, 0.1) is 0 Å². The van der Waals surface area contributed by atoms with E-state index in [1.54, 1.807) is 0 Å². The maximum absolute atomic E-state index is 12.6. The largest absolute Gasteiger partial charge is 0.484 e. The monoisotopic (exact) mass is 340 g/mol. The van der Waals surface area contributed by atoms with Crippen LogP contribution < -0.4 is 16.0 Å². The molecule has 6 nitrogen and oxygen atoms in total. The summed E-state index contributed by atoms with van der Waals surface area (Å²) < 4.78 is 35.2. The fourth-order valence-electron chi connectivity index (χ4n) is 1.23. The van der Waals surface area contributed by atoms with Crippen molar-refractivity contribution in [2.24, 2.45) is 5.73 Å². The highest BCUT2D eigenvalue weighted by molar-refractivity contribution is 9.10. The Morgan fingerprint density at radius 2 is 2.21 bits per heavy atom. The van der Waals surface area contributed by atoms with E-state index in [-0.39, 0.29) is 21.4 Å². The number of nitrogens with two attached hydrogens (primary N) is 1. The maximum Gasteiger partial charge on any atom is 0.404 e. The normalized spacial score (nSPS) is 12.3. The number of carbonyl (C=O) groups is 1. The van der Waals surface area contributed by atoms with Crippen LogP contribution in [0.3, 0.4) is 0 Å². The summed E-state index contributed by atoms with van der Waals surface area (Å²) >= 11 is 2.98. The SMILES string of the molecule is CC(COc1cc(Br)cn(C(F)F)c1=O)OC(N)=O. The highest BCUT2D eigenvalue weighted by Crippen LogP contribution is 2.18. The third-order valence-corrected chi connectivity index (χ3v) is 2.41. The highest BCUT2D eigenvalue weighted by Gasteiger charge is 2.15. The summed E-state index contributed by atoms with van der Waals surface area (Å²) in [5.74, 6) is -0.283. The Kier molecular flexibility index (Phi) is 5.28. The van der Waals surface area contributed by atoms with Gasteiger partial charge in [-0.05, 0) is 22.9 Å². The minimum absolute atomic E-state index is 0.183. The molecule has 0 aromatic carbocycles. The first-order valence-electron chi connectivity index (χ1n) is 5.10. The number of halogens is 3. The number of aromatic nitrogens is 1. The summed E-state index contributed by atoms with van der Waals surface area (Å²) in [6.07, 6.45) is -0.755. The number of nitrogens with zero attached hydrogens (tertiary/aromatic N) is 1. The summed E-state index contributed by atoms with van der Waals surface area (Å²) in [4.78, 5) is 22.1. The van der Waals surface area contributed by atoms with Gasteiger partial charge in [0.25, 0.3) is 5.56 Å². The van der Waals surface area contributed by atoms with Gasteiger partial charge in [-0.1, -0.05) is 0 Å². The van der Waals surface area contributed by atoms with Crippen LogP contribution in [0.1, 0.15) is 13.5 Å². The number of hydrogen-bond acceptors (Lipinski definition) is 4. The van der Waals surface area contributed by atoms with Crippen molar-refractivity contribution in [1.29, 1.82) is 0 Å². The number of rotatable bonds is 5. The molecule has 1 rings (SSSR count). The topological polar surface area (TPSA) is 83.6 Å². The van der Waals surface area contributed by atoms with Gasteiger partial charge >= 0.3 is 12.6 Å². The molecule has 0 saturated heterocycles. The molecule has 2 N–H and O–H groups in total. The second-order valence-electron chi connectivity index (χ2n) is 3.57. The number of alkyl halides is 2. The van der Waals surface area contributed by atoms with Crippen LogP contribution >= 0.6 is 15.9 Å². The Morgan fingerprint density at radius 3 is 2.74 bits per heavy atom. The van der Waals surface area contributed by atoms with Crippen molar-refractivity contribution in [3.05, 3.63) is 27.1 Å². The Hall–Kier alpha value is -1.64. The summed E-state index contributed by atoms with van der Waals surface area (Å²) in [7, 11) is 0. The van der Waals surface area contributed by atoms with Crippen LogP contribution in [-0.2, 0) is 4.74 Å². The predicted molar refractivity (Wildman–Crippen MR) is 65.3 cm³/mol. The molecular weight excluding hydrogens is 330 g/mol. The van der Waals surface area contributed by atoms with Crippen LogP contribution in [0.25, 0.3) is 0 Å². The molecule has 19 heavy (non-hydrogen) atoms. The lowest BCUT2D eigenvalue weighted by Crippen LogP contribution is -2.28. The van der Waals surface area contributed by atoms with Gasteiger partial charge in [-0.3, -0.25) is 9.36 Å². The van der Waals surface area contributed by atoms with Gasteiger partial charge in [-0.25, -0.2) is 4.79 Å². The molecule has 106 valence electrons. The molecule has 0 aliphatic heterocycles. The zero-order valence-corrected chi connectivity index (χ0v) is 11.4. The second-order valence-corrected chi connectivity index (χ2v) is 4.49. The van der Waals surface area contributed by atoms with E-state index in [1.807, 2.05) is 0 Å². The Morgan fingerprint density at radius 1 is 1.58 bits per heavy atom. The summed E-state index contributed by atoms with van der Waals surface area (Å²) in [5.41, 5.74) is 3.81. The van der Waals surface area contributed by atoms with Crippen molar-refractivity contribution >= 4 is 22.0 Å². The second kappa shape index (κ2) is 6.50. The summed E-state index contributed by atoms with van der Waals surface area (Å²) in [6.45, 7) is -1.68. The van der Waals surface area contributed by atoms with Crippen molar-refractivity contribution in [2.45, 2.75) is 19.6 Å². The fourth-order valence-corrected chi connectivity index (χ4v) is 1.66. The Bertz CT molecular complexity index is 521. The molecule has 0 spiro atoms. The molecule has 0 aliphatic carbocycles. The smallest absolute Gasteiger partial charge is 0.404 e. The molecule has 1 amide bonds. The van der Waals surface area contributed by atoms with Crippen molar-refractivity contribution in [1.82, 2.24) is 4.57 Å². The molecule has 0 bridgehead atoms. The van der Waals surface area contributed by atoms with Crippen molar-refractivity contribution in [3.63, 3.8) is 0 Å². The molecule has 1 aromatic rings. The van der Waals surface area contributed by atoms with Gasteiger partial charge in [0.2, 0.25) is 0 Å². The average molecular weight is 341 g/mol. The number of amides is 1. The van der Waals surface area contributed by atoms with Crippen LogP contribution in [0.15, 0.2) is 21.5 Å². The number of hydrogen-bond donors (Lipinski definition) is 1. The Labute approximate surface area is 115 Å². The van der Waals surface area contributed by atoms with Gasteiger partial charge in [0, 0.05) is 16.7 Å². The average Bonchev–Trinajstić information content (AvgIpc) is 2.28. The van der Waals surface area contributed by atoms with E-state index >= 15 is 0 Å². The maximum atomic E-state index is 12.6. The molecule has 9 heteroatoms. The molecule has 1 aromatic heterocycles. The minimum Gasteiger partial charge on any atom is -0.484 e. The van der Waals surface area contributed by atoms with Gasteiger partial charge in [-0.2, -0.15) is 8.78 Å². The first-order chi connectivity index (χ1) is 8.81. The zero-order valence-electron chi connectivity index (χ0n) is 9.81. The third kappa shape index (κ3) is 4.51. The summed E-state index contributed by atoms with van der Waals surface area (Å²) in [6, 6.07) is 1.25. The van der Waals surface area contributed by atoms with E-state index in [0.29, 0.717) is 0 Å². The number of carbonyl (C=O) groups excluding carboxylic acids is 1. The molecule has 1 heterocycles. The zero-order chi connectivity index (χ0) is 14.6. The highest BCUT2D eigenvalue weighted by atomic mass is 79.9. The fraction of sp³-hybridized carbons (Fsp3) is 0.400. The quantitative estimate of drug-likeness (QED) is 0.886. The number of pyridine rings is 1. The van der Waals surface area contributed by atoms with Crippen LogP contribution in [0, 0.1) is 0 Å². The van der Waals surface area contributed by atoms with E-state index in [9.17, 15) is 18.4 Å². The van der Waals surface area contributed by atoms with E-state index in [2.05, 4.69) is 20.7 Å². The van der Waals surface area contributed by atoms with E-state index < -0.39 is 24.3 Å². The number of primary amides is 1. The van der Waals surface area contributed by atoms with Gasteiger partial charge in [0.1, 0.15) is 12.7 Å². The van der Waals surface area contributed by atoms with Gasteiger partial charge in [-0.15, -0.1) is 0 Å². The van der Waals surface area contributed by atoms with Crippen molar-refractivity contribution < 1.29 is 23.0 Å². The van der Waals surface area contributed by atoms with Crippen LogP contribution in [0.5, 0.6) is 5.75 Å². The van der Waals surface area contributed by atoms with Crippen molar-refractivity contribution in [3.8, 4) is 5.75 Å². The van der Waals surface area contributed by atoms with E-state index in [4.69, 9.17) is 10.5 Å². The molecule has 0 saturated carbocycles. The lowest BCUT2D eigenvalue weighted by atomic mass is 10.4. The molecule has 0 fully saturated rings. The van der Waals surface area contributed by atoms with Gasteiger partial charge < -0.3 is 15.2 Å². The lowest BCUT2D eigenvalue weighted by Gasteiger charge is -2.13. The standard InChI is InChI=1S/C10H11BrF2N2O4/c1-5(19-10(14)17)4-18-7-2-6(11)3-15(8(7)16)9(12)13/h2-3,5,9H,4H2,1H3,(H2,14,17). The van der Waals surface area contributed by atoms with Crippen molar-refractivity contribution in [2.75, 3.05) is 6.61 Å². The van der Waals surface area contributed by atoms with Crippen LogP contribution in [0.2, 0.25) is 0 Å². The molecule has 0 radical (unpaired) electrons. The molecule has 0 aliphatic rings. The molecule has 1 unspecified atom stereocenters. The third-order valence-electron chi connectivity index (χ3n) is 1.98. The molecular formula is C10H11BrF2N2O4. The first kappa shape index (κ1) is 15.4. The minimum atomic E-state index is -2.98. The van der Waals surface area contributed by atoms with Crippen LogP contribution in [0.4, 0.5) is 13.6 Å². The van der Waals surface area contributed by atoms with E-state index in [0.717, 1.165) is 6.20 Å². The lowest BCUT2D eigenvalue weighted by molar-refractivity contribution is 0.0622. The first-order valence-corrected chi connectivity index (χ1v) is 5.89. The van der Waals surface area contributed by atoms with Gasteiger partial charge in [0.15, 0.2) is 5.75 Å². The predicted octanol–water partition coefficient (Wildman–Crippen LogP) is 1.87. The molecule has 1 atom stereocenters. The number of ether oxygens (including phenoxy) is 2. The summed E-state index contributed by atoms with van der Waals surface area (Å²) in [5, 5.41) is 0. The van der Waals surface area contributed by atoms with Crippen LogP contribution in [-0.4, -0.2) is 23.4 Å².